The number of imidazole rings is 1. The number of carbonyl (C=O) groups is 3. The molecule has 4 aromatic rings. The summed E-state index contributed by atoms with van der Waals surface area (Å²) in [5, 5.41) is 11.8. The third-order valence-corrected chi connectivity index (χ3v) is 10.4. The van der Waals surface area contributed by atoms with Gasteiger partial charge in [0.05, 0.1) is 15.1 Å². The molecule has 14 heteroatoms. The number of aromatic nitrogens is 2. The fraction of sp³-hybridized carbons (Fsp3) is 0.231. The molecule has 1 amide bonds. The molecule has 0 bridgehead atoms. The predicted molar refractivity (Wildman–Crippen MR) is 151 cm³/mol. The van der Waals surface area contributed by atoms with Crippen LogP contribution in [0, 0.1) is 17.0 Å². The van der Waals surface area contributed by atoms with Crippen LogP contribution in [-0.2, 0) is 30.5 Å². The second-order valence-corrected chi connectivity index (χ2v) is 12.5. The van der Waals surface area contributed by atoms with Gasteiger partial charge in [0.1, 0.15) is 23.4 Å². The molecule has 204 valence electrons. The molecule has 0 aliphatic carbocycles. The van der Waals surface area contributed by atoms with Crippen molar-refractivity contribution in [1.82, 2.24) is 14.3 Å². The molecule has 1 unspecified atom stereocenters. The Morgan fingerprint density at radius 1 is 1.25 bits per heavy atom. The molecule has 6 rings (SSSR count). The van der Waals surface area contributed by atoms with E-state index in [1.54, 1.807) is 6.20 Å². The number of β-lactam (4-membered cyclic amide) rings is 1. The first-order valence-corrected chi connectivity index (χ1v) is 14.5. The van der Waals surface area contributed by atoms with Gasteiger partial charge < -0.3 is 9.47 Å². The molecular formula is C26H19BrN4O7S2. The third-order valence-electron chi connectivity index (χ3n) is 6.70. The maximum atomic E-state index is 13.6. The van der Waals surface area contributed by atoms with Gasteiger partial charge in [-0.05, 0) is 36.2 Å². The second-order valence-electron chi connectivity index (χ2n) is 9.27. The number of non-ortho nitro benzene ring substituents is 1. The summed E-state index contributed by atoms with van der Waals surface area (Å²) in [4.78, 5) is 55.7. The quantitative estimate of drug-likeness (QED) is 0.0897. The smallest absolute Gasteiger partial charge is 0.355 e. The summed E-state index contributed by atoms with van der Waals surface area (Å²) in [6.07, 6.45) is 0.724. The Hall–Kier alpha value is -3.75. The van der Waals surface area contributed by atoms with Crippen molar-refractivity contribution in [2.75, 3.05) is 0 Å². The van der Waals surface area contributed by atoms with E-state index in [-0.39, 0.29) is 18.0 Å². The molecule has 2 aliphatic heterocycles. The number of carbonyl (C=O) groups excluding carboxylic acids is 3. The molecule has 2 aliphatic rings. The number of rotatable bonds is 7. The predicted octanol–water partition coefficient (Wildman–Crippen LogP) is 5.00. The van der Waals surface area contributed by atoms with Crippen LogP contribution in [0.15, 0.2) is 59.8 Å². The van der Waals surface area contributed by atoms with Crippen LogP contribution in [0.1, 0.15) is 29.8 Å². The number of esters is 2. The zero-order valence-corrected chi connectivity index (χ0v) is 24.1. The average Bonchev–Trinajstić information content (AvgIpc) is 3.62. The van der Waals surface area contributed by atoms with Crippen LogP contribution in [0.5, 0.6) is 0 Å². The fourth-order valence-corrected chi connectivity index (χ4v) is 8.17. The highest BCUT2D eigenvalue weighted by molar-refractivity contribution is 9.10. The summed E-state index contributed by atoms with van der Waals surface area (Å²) in [5.41, 5.74) is 3.00. The molecule has 3 atom stereocenters. The zero-order chi connectivity index (χ0) is 28.3. The number of hydrogen-bond acceptors (Lipinski definition) is 10. The lowest BCUT2D eigenvalue weighted by atomic mass is 9.89. The molecule has 1 fully saturated rings. The monoisotopic (exact) mass is 642 g/mol. The van der Waals surface area contributed by atoms with Crippen LogP contribution >= 0.6 is 39.0 Å². The Morgan fingerprint density at radius 2 is 2.00 bits per heavy atom. The van der Waals surface area contributed by atoms with Crippen molar-refractivity contribution in [1.29, 1.82) is 0 Å². The number of nitrogens with zero attached hydrogens (tertiary/aromatic N) is 4. The number of aryl methyl sites for hydroxylation is 1. The highest BCUT2D eigenvalue weighted by Gasteiger charge is 2.69. The topological polar surface area (TPSA) is 133 Å². The minimum atomic E-state index is -1.37. The Bertz CT molecular complexity index is 1770. The first-order chi connectivity index (χ1) is 19.1. The van der Waals surface area contributed by atoms with Crippen molar-refractivity contribution in [3.8, 4) is 0 Å². The Balaban J connectivity index is 1.23. The number of nitro benzene ring substituents is 1. The van der Waals surface area contributed by atoms with Crippen LogP contribution in [-0.4, -0.2) is 46.8 Å². The molecule has 11 nitrogen and oxygen atoms in total. The van der Waals surface area contributed by atoms with Crippen LogP contribution < -0.4 is 0 Å². The number of benzene rings is 2. The van der Waals surface area contributed by atoms with Crippen molar-refractivity contribution in [3.05, 3.63) is 86.7 Å². The van der Waals surface area contributed by atoms with Crippen LogP contribution in [0.4, 0.5) is 5.69 Å². The van der Waals surface area contributed by atoms with Gasteiger partial charge in [0.25, 0.3) is 11.6 Å². The van der Waals surface area contributed by atoms with Gasteiger partial charge in [0.2, 0.25) is 0 Å². The molecule has 1 saturated heterocycles. The van der Waals surface area contributed by atoms with E-state index in [1.165, 1.54) is 64.6 Å². The lowest BCUT2D eigenvalue weighted by Crippen LogP contribution is -2.70. The lowest BCUT2D eigenvalue weighted by Gasteiger charge is -2.51. The summed E-state index contributed by atoms with van der Waals surface area (Å²) < 4.78 is 12.7. The number of hydrogen-bond donors (Lipinski definition) is 0. The van der Waals surface area contributed by atoms with E-state index >= 15 is 0 Å². The Kier molecular flexibility index (Phi) is 6.43. The van der Waals surface area contributed by atoms with Gasteiger partial charge in [0, 0.05) is 30.7 Å². The lowest BCUT2D eigenvalue weighted by molar-refractivity contribution is -0.384. The van der Waals surface area contributed by atoms with Crippen LogP contribution in [0.2, 0.25) is 0 Å². The van der Waals surface area contributed by atoms with E-state index in [0.717, 1.165) is 15.8 Å². The Morgan fingerprint density at radius 3 is 2.70 bits per heavy atom. The van der Waals surface area contributed by atoms with Gasteiger partial charge in [-0.25, -0.2) is 9.78 Å². The van der Waals surface area contributed by atoms with Crippen molar-refractivity contribution in [3.63, 3.8) is 0 Å². The SMILES string of the molecule is CC(=O)OC(c1cn2c(n1)sc1cccc(C)c12)[C@]1(Br)C(=O)N2C(C(=O)OCc3ccc([N+](=O)[O-])cc3)=CS[C@@H]21. The van der Waals surface area contributed by atoms with E-state index in [4.69, 9.17) is 14.5 Å². The van der Waals surface area contributed by atoms with Crippen molar-refractivity contribution < 1.29 is 28.8 Å². The summed E-state index contributed by atoms with van der Waals surface area (Å²) >= 11 is 6.29. The normalized spacial score (nSPS) is 20.7. The molecule has 40 heavy (non-hydrogen) atoms. The molecular weight excluding hydrogens is 624 g/mol. The number of para-hydroxylation sites is 1. The van der Waals surface area contributed by atoms with Crippen molar-refractivity contribution in [2.45, 2.75) is 36.3 Å². The highest BCUT2D eigenvalue weighted by atomic mass is 79.9. The summed E-state index contributed by atoms with van der Waals surface area (Å²) in [5.74, 6) is -1.76. The van der Waals surface area contributed by atoms with E-state index in [0.29, 0.717) is 16.2 Å². The molecule has 0 N–H and O–H groups in total. The number of thioether (sulfide) groups is 1. The number of halogens is 1. The number of thiazole rings is 1. The van der Waals surface area contributed by atoms with Gasteiger partial charge in [-0.3, -0.25) is 29.0 Å². The number of alkyl halides is 1. The zero-order valence-electron chi connectivity index (χ0n) is 20.9. The fourth-order valence-electron chi connectivity index (χ4n) is 4.81. The maximum Gasteiger partial charge on any atom is 0.355 e. The van der Waals surface area contributed by atoms with E-state index in [2.05, 4.69) is 15.9 Å². The van der Waals surface area contributed by atoms with E-state index < -0.39 is 38.6 Å². The first kappa shape index (κ1) is 26.5. The van der Waals surface area contributed by atoms with Gasteiger partial charge in [0.15, 0.2) is 15.4 Å². The first-order valence-electron chi connectivity index (χ1n) is 11.9. The summed E-state index contributed by atoms with van der Waals surface area (Å²) in [6.45, 7) is 3.14. The van der Waals surface area contributed by atoms with Crippen molar-refractivity contribution >= 4 is 77.7 Å². The molecule has 2 aromatic carbocycles. The molecule has 4 heterocycles. The van der Waals surface area contributed by atoms with Gasteiger partial charge >= 0.3 is 11.9 Å². The minimum Gasteiger partial charge on any atom is -0.456 e. The van der Waals surface area contributed by atoms with Crippen molar-refractivity contribution in [2.24, 2.45) is 0 Å². The average molecular weight is 643 g/mol. The van der Waals surface area contributed by atoms with E-state index in [9.17, 15) is 24.5 Å². The van der Waals surface area contributed by atoms with Gasteiger partial charge in [-0.15, -0.1) is 11.8 Å². The Labute approximate surface area is 243 Å². The number of amides is 1. The largest absolute Gasteiger partial charge is 0.456 e. The van der Waals surface area contributed by atoms with Crippen LogP contribution in [0.3, 0.4) is 0 Å². The number of ether oxygens (including phenoxy) is 2. The highest BCUT2D eigenvalue weighted by Crippen LogP contribution is 2.58. The molecule has 0 spiro atoms. The molecule has 2 aromatic heterocycles. The standard InChI is InChI=1S/C26H19BrN4O7S2/c1-13-4-3-5-19-20(13)29-10-17(28-25(29)40-19)21(38-14(2)32)26(27)23(34)30-18(12-39-24(26)30)22(33)37-11-15-6-8-16(9-7-15)31(35)36/h3-10,12,21,24H,11H2,1-2H3/t21?,24-,26+/m1/s1. The second kappa shape index (κ2) is 9.71. The number of fused-ring (bicyclic) bond motifs is 4. The number of nitro groups is 1. The minimum absolute atomic E-state index is 0.0611. The third kappa shape index (κ3) is 4.09. The van der Waals surface area contributed by atoms with Gasteiger partial charge in [-0.2, -0.15) is 0 Å². The maximum absolute atomic E-state index is 13.6. The van der Waals surface area contributed by atoms with E-state index in [1.807, 2.05) is 29.5 Å². The summed E-state index contributed by atoms with van der Waals surface area (Å²) in [7, 11) is 0. The molecule has 0 radical (unpaired) electrons. The van der Waals surface area contributed by atoms with Crippen LogP contribution in [0.25, 0.3) is 15.2 Å². The summed E-state index contributed by atoms with van der Waals surface area (Å²) in [6, 6.07) is 11.6. The molecule has 0 saturated carbocycles. The van der Waals surface area contributed by atoms with Gasteiger partial charge in [-0.1, -0.05) is 39.4 Å².